The fourth-order valence-electron chi connectivity index (χ4n) is 7.70. The lowest BCUT2D eigenvalue weighted by Crippen LogP contribution is -2.09. The van der Waals surface area contributed by atoms with Crippen molar-refractivity contribution in [3.8, 4) is 17.7 Å². The molecule has 0 spiro atoms. The van der Waals surface area contributed by atoms with Crippen LogP contribution in [0.2, 0.25) is 5.02 Å². The van der Waals surface area contributed by atoms with Gasteiger partial charge in [-0.25, -0.2) is 9.97 Å². The number of thiazole rings is 1. The van der Waals surface area contributed by atoms with Crippen molar-refractivity contribution < 1.29 is 79.5 Å². The van der Waals surface area contributed by atoms with Crippen LogP contribution in [0.25, 0.3) is 37.7 Å². The second kappa shape index (κ2) is 22.9. The number of aromatic nitrogens is 3. The average Bonchev–Trinajstić information content (AvgIpc) is 2.55. The Hall–Kier alpha value is -7.25. The SMILES string of the molecule is CC(=O)Nc1cc(N=Nc2c(C)c(C#N)c3nc4ccccc4n3c2O)c(OCCCS(=O)(=O)O)cc1N=Nc1cc(Cl)c(N=Nc2nc3c(S(=O)(=O)O)cc4c(S(=O)(=O)O)cc(S(=O)(=O)O)cc4c3s2)cc1SCCCS(=O)(=O)O. The maximum Gasteiger partial charge on any atom is 0.296 e. The molecule has 0 bridgehead atoms. The number of halogens is 1. The van der Waals surface area contributed by atoms with E-state index < -0.39 is 105 Å². The number of carbonyl (C=O) groups excluding carboxylic acids is 1. The van der Waals surface area contributed by atoms with Gasteiger partial charge in [-0.2, -0.15) is 47.4 Å². The van der Waals surface area contributed by atoms with Crippen LogP contribution in [-0.2, 0) is 55.4 Å². The Morgan fingerprint density at radius 1 is 0.765 bits per heavy atom. The van der Waals surface area contributed by atoms with Gasteiger partial charge in [-0.15, -0.1) is 42.4 Å². The van der Waals surface area contributed by atoms with Gasteiger partial charge in [0.15, 0.2) is 11.3 Å². The van der Waals surface area contributed by atoms with Crippen LogP contribution in [0.1, 0.15) is 30.9 Å². The number of aromatic hydroxyl groups is 1. The quantitative estimate of drug-likeness (QED) is 0.0161. The lowest BCUT2D eigenvalue weighted by Gasteiger charge is -2.13. The van der Waals surface area contributed by atoms with E-state index in [0.29, 0.717) is 34.5 Å². The summed E-state index contributed by atoms with van der Waals surface area (Å²) in [7, 11) is -24.6. The van der Waals surface area contributed by atoms with E-state index in [1.807, 2.05) is 0 Å². The zero-order valence-corrected chi connectivity index (χ0v) is 47.4. The molecule has 0 aliphatic rings. The monoisotopic (exact) mass is 1260 g/mol. The number of para-hydroxylation sites is 2. The van der Waals surface area contributed by atoms with Crippen LogP contribution in [0.5, 0.6) is 11.6 Å². The number of ether oxygens (including phenoxy) is 1. The van der Waals surface area contributed by atoms with E-state index in [9.17, 15) is 80.0 Å². The molecule has 37 heteroatoms. The molecule has 1 amide bonds. The van der Waals surface area contributed by atoms with Crippen LogP contribution >= 0.6 is 34.7 Å². The molecule has 29 nitrogen and oxygen atoms in total. The van der Waals surface area contributed by atoms with Gasteiger partial charge in [-0.05, 0) is 74.0 Å². The maximum atomic E-state index is 12.6. The zero-order chi connectivity index (χ0) is 59.1. The smallest absolute Gasteiger partial charge is 0.296 e. The second-order valence-electron chi connectivity index (χ2n) is 16.9. The van der Waals surface area contributed by atoms with Gasteiger partial charge in [0.05, 0.1) is 49.5 Å². The van der Waals surface area contributed by atoms with Crippen molar-refractivity contribution in [2.75, 3.05) is 29.2 Å². The summed E-state index contributed by atoms with van der Waals surface area (Å²) in [5.74, 6) is -2.61. The molecule has 0 unspecified atom stereocenters. The number of anilines is 1. The first-order valence-electron chi connectivity index (χ1n) is 22.4. The molecule has 0 radical (unpaired) electrons. The maximum absolute atomic E-state index is 12.6. The number of nitriles is 1. The molecule has 3 aromatic heterocycles. The van der Waals surface area contributed by atoms with Gasteiger partial charge in [0, 0.05) is 34.2 Å². The number of pyridine rings is 1. The van der Waals surface area contributed by atoms with E-state index >= 15 is 0 Å². The van der Waals surface area contributed by atoms with Crippen LogP contribution in [0, 0.1) is 18.3 Å². The minimum atomic E-state index is -5.33. The third-order valence-corrected chi connectivity index (χ3v) is 17.8. The van der Waals surface area contributed by atoms with Gasteiger partial charge in [-0.1, -0.05) is 35.1 Å². The van der Waals surface area contributed by atoms with Crippen molar-refractivity contribution in [3.05, 3.63) is 82.9 Å². The normalized spacial score (nSPS) is 13.0. The molecule has 0 saturated carbocycles. The van der Waals surface area contributed by atoms with Gasteiger partial charge < -0.3 is 15.2 Å². The molecule has 0 fully saturated rings. The third-order valence-electron chi connectivity index (χ3n) is 11.2. The number of hydrogen-bond donors (Lipinski definition) is 7. The molecule has 424 valence electrons. The lowest BCUT2D eigenvalue weighted by atomic mass is 10.1. The Labute approximate surface area is 470 Å². The largest absolute Gasteiger partial charge is 0.493 e. The molecule has 8 aromatic rings. The van der Waals surface area contributed by atoms with E-state index in [2.05, 4.69) is 52.0 Å². The molecule has 0 aliphatic carbocycles. The number of amides is 1. The van der Waals surface area contributed by atoms with Gasteiger partial charge >= 0.3 is 0 Å². The number of imidazole rings is 1. The zero-order valence-electron chi connectivity index (χ0n) is 40.9. The van der Waals surface area contributed by atoms with Gasteiger partial charge in [0.25, 0.3) is 50.6 Å². The highest BCUT2D eigenvalue weighted by molar-refractivity contribution is 7.99. The number of carbonyl (C=O) groups is 1. The van der Waals surface area contributed by atoms with E-state index in [4.69, 9.17) is 16.3 Å². The number of thioether (sulfide) groups is 1. The molecule has 0 atom stereocenters. The highest BCUT2D eigenvalue weighted by Gasteiger charge is 2.28. The van der Waals surface area contributed by atoms with Gasteiger partial charge in [-0.3, -0.25) is 32.0 Å². The van der Waals surface area contributed by atoms with Gasteiger partial charge in [0.1, 0.15) is 55.4 Å². The summed E-state index contributed by atoms with van der Waals surface area (Å²) in [5.41, 5.74) is -0.0360. The molecular weight excluding hydrogens is 1230 g/mol. The van der Waals surface area contributed by atoms with Crippen molar-refractivity contribution in [1.82, 2.24) is 14.4 Å². The molecule has 5 aromatic carbocycles. The van der Waals surface area contributed by atoms with Crippen LogP contribution in [0.15, 0.2) is 117 Å². The lowest BCUT2D eigenvalue weighted by molar-refractivity contribution is -0.114. The molecule has 7 N–H and O–H groups in total. The summed E-state index contributed by atoms with van der Waals surface area (Å²) < 4.78 is 176. The molecule has 8 rings (SSSR count). The van der Waals surface area contributed by atoms with E-state index in [0.717, 1.165) is 24.8 Å². The molecule has 0 saturated heterocycles. The summed E-state index contributed by atoms with van der Waals surface area (Å²) in [6.45, 7) is 2.31. The third kappa shape index (κ3) is 13.7. The van der Waals surface area contributed by atoms with Crippen LogP contribution in [0.3, 0.4) is 0 Å². The average molecular weight is 1270 g/mol. The number of nitrogens with one attached hydrogen (secondary N) is 1. The number of rotatable bonds is 20. The van der Waals surface area contributed by atoms with Crippen LogP contribution in [0.4, 0.5) is 39.3 Å². The molecule has 3 heterocycles. The molecular formula is C44H36ClN11O18S7. The Balaban J connectivity index is 1.23. The first kappa shape index (κ1) is 59.9. The minimum absolute atomic E-state index is 0.00569. The van der Waals surface area contributed by atoms with E-state index in [1.165, 1.54) is 35.6 Å². The van der Waals surface area contributed by atoms with Crippen molar-refractivity contribution in [2.45, 2.75) is 46.3 Å². The number of hydrogen-bond acceptors (Lipinski definition) is 24. The van der Waals surface area contributed by atoms with Gasteiger partial charge in [0.2, 0.25) is 16.9 Å². The van der Waals surface area contributed by atoms with Crippen molar-refractivity contribution in [1.29, 1.82) is 5.26 Å². The Morgan fingerprint density at radius 2 is 1.42 bits per heavy atom. The number of azo groups is 3. The van der Waals surface area contributed by atoms with E-state index in [1.54, 1.807) is 24.3 Å². The predicted octanol–water partition coefficient (Wildman–Crippen LogP) is 9.76. The minimum Gasteiger partial charge on any atom is -0.493 e. The van der Waals surface area contributed by atoms with Crippen molar-refractivity contribution in [2.24, 2.45) is 30.7 Å². The summed E-state index contributed by atoms with van der Waals surface area (Å²) in [6, 6.07) is 15.5. The number of nitrogens with zero attached hydrogens (tertiary/aromatic N) is 10. The van der Waals surface area contributed by atoms with Crippen LogP contribution in [-0.4, -0.2) is 114 Å². The second-order valence-corrected chi connectivity index (χ2v) is 26.8. The fourth-order valence-corrected chi connectivity index (χ4v) is 13.0. The Bertz CT molecular complexity index is 4700. The van der Waals surface area contributed by atoms with Crippen molar-refractivity contribution >= 4 is 168 Å². The number of benzene rings is 5. The first-order valence-corrected chi connectivity index (χ1v) is 32.1. The number of fused-ring (bicyclic) bond motifs is 6. The summed E-state index contributed by atoms with van der Waals surface area (Å²) in [5, 5.41) is 48.1. The first-order chi connectivity index (χ1) is 37.8. The highest BCUT2D eigenvalue weighted by atomic mass is 35.5. The van der Waals surface area contributed by atoms with E-state index in [-0.39, 0.29) is 102 Å². The van der Waals surface area contributed by atoms with Crippen LogP contribution < -0.4 is 10.1 Å². The summed E-state index contributed by atoms with van der Waals surface area (Å²) >= 11 is 8.15. The standard InChI is InChI=1S/C44H36ClN11O18S7/c1-21-26(20-46)42-48-28-7-3-4-8-34(28)56(42)43(58)39(21)54-52-32-17-30(47-22(2)57)31(18-35(32)74-9-5-11-77(59,60)61)51-53-33-16-27(45)29(19-36(33)75-10-6-12-78(62,63)64)50-55-44-49-40-38(81(71,72)73)15-24-25(41(40)76-44)13-23(79(65,66)67)14-37(24)80(68,69)70/h3-4,7-8,13-19,58H,5-6,9-12H2,1-2H3,(H,47,57)(H,59,60,61)(H,62,63,64)(H,65,66,67)(H,68,69,70)(H,71,72,73). The fraction of sp³-hybridized carbons (Fsp3) is 0.182. The topological polar surface area (TPSA) is 459 Å². The van der Waals surface area contributed by atoms with Crippen molar-refractivity contribution in [3.63, 3.8) is 0 Å². The predicted molar refractivity (Wildman–Crippen MR) is 293 cm³/mol. The Morgan fingerprint density at radius 3 is 2.07 bits per heavy atom. The summed E-state index contributed by atoms with van der Waals surface area (Å²) in [4.78, 5) is 18.2. The molecule has 0 aliphatic heterocycles. The highest BCUT2D eigenvalue weighted by Crippen LogP contribution is 2.46. The molecule has 81 heavy (non-hydrogen) atoms. The Kier molecular flexibility index (Phi) is 17.0. The summed E-state index contributed by atoms with van der Waals surface area (Å²) in [6.07, 6.45) is -0.357.